The van der Waals surface area contributed by atoms with Crippen molar-refractivity contribution < 1.29 is 17.3 Å². The van der Waals surface area contributed by atoms with Crippen LogP contribution in [-0.4, -0.2) is 36.0 Å². The van der Waals surface area contributed by atoms with Crippen LogP contribution in [0.2, 0.25) is 5.02 Å². The fourth-order valence-corrected chi connectivity index (χ4v) is 5.16. The maximum absolute atomic E-state index is 13.1. The molecule has 0 bridgehead atoms. The van der Waals surface area contributed by atoms with Gasteiger partial charge in [0.15, 0.2) is 0 Å². The Labute approximate surface area is 173 Å². The Kier molecular flexibility index (Phi) is 5.42. The fourth-order valence-electron chi connectivity index (χ4n) is 3.36. The van der Waals surface area contributed by atoms with Crippen LogP contribution in [0.15, 0.2) is 51.9 Å². The minimum Gasteiger partial charge on any atom is -0.339 e. The number of rotatable bonds is 4. The second kappa shape index (κ2) is 7.85. The summed E-state index contributed by atoms with van der Waals surface area (Å²) in [5.41, 5.74) is 1.46. The monoisotopic (exact) mass is 435 g/mol. The highest BCUT2D eigenvalue weighted by molar-refractivity contribution is 7.89. The molecule has 1 fully saturated rings. The quantitative estimate of drug-likeness (QED) is 0.606. The zero-order valence-corrected chi connectivity index (χ0v) is 17.3. The molecule has 0 amide bonds. The standard InChI is InChI=1S/C20H19ClFN3O3S/c1-13-4-9-17(11-18(13)21)29(26,27)25-10-2-3-15(12-25)20-23-19(24-28-20)14-5-7-16(22)8-6-14/h4-9,11,15H,2-3,10,12H2,1H3/t15-/m1/s1. The van der Waals surface area contributed by atoms with Crippen molar-refractivity contribution in [1.29, 1.82) is 0 Å². The molecule has 0 radical (unpaired) electrons. The molecule has 0 spiro atoms. The first kappa shape index (κ1) is 20.0. The number of halogens is 2. The lowest BCUT2D eigenvalue weighted by Gasteiger charge is -2.30. The summed E-state index contributed by atoms with van der Waals surface area (Å²) in [6.45, 7) is 2.49. The summed E-state index contributed by atoms with van der Waals surface area (Å²) < 4.78 is 46.0. The molecule has 0 saturated carbocycles. The Morgan fingerprint density at radius 1 is 1.21 bits per heavy atom. The zero-order chi connectivity index (χ0) is 20.6. The average Bonchev–Trinajstić information content (AvgIpc) is 3.21. The van der Waals surface area contributed by atoms with Crippen molar-refractivity contribution >= 4 is 21.6 Å². The number of aryl methyl sites for hydroxylation is 1. The van der Waals surface area contributed by atoms with E-state index >= 15 is 0 Å². The summed E-state index contributed by atoms with van der Waals surface area (Å²) in [5.74, 6) is 0.180. The van der Waals surface area contributed by atoms with Crippen LogP contribution in [0, 0.1) is 12.7 Å². The van der Waals surface area contributed by atoms with Crippen LogP contribution in [0.3, 0.4) is 0 Å². The number of benzene rings is 2. The summed E-state index contributed by atoms with van der Waals surface area (Å²) in [6, 6.07) is 10.5. The second-order valence-corrected chi connectivity index (χ2v) is 9.42. The van der Waals surface area contributed by atoms with Crippen LogP contribution >= 0.6 is 11.6 Å². The Morgan fingerprint density at radius 2 is 1.97 bits per heavy atom. The third kappa shape index (κ3) is 4.05. The molecular formula is C20H19ClFN3O3S. The van der Waals surface area contributed by atoms with Gasteiger partial charge in [0, 0.05) is 23.7 Å². The molecule has 1 aliphatic rings. The maximum atomic E-state index is 13.1. The summed E-state index contributed by atoms with van der Waals surface area (Å²) in [6.07, 6.45) is 1.42. The molecule has 1 aromatic heterocycles. The number of hydrogen-bond acceptors (Lipinski definition) is 5. The van der Waals surface area contributed by atoms with Crippen molar-refractivity contribution in [3.8, 4) is 11.4 Å². The molecule has 0 unspecified atom stereocenters. The highest BCUT2D eigenvalue weighted by Gasteiger charge is 2.33. The summed E-state index contributed by atoms with van der Waals surface area (Å²) in [4.78, 5) is 4.58. The largest absolute Gasteiger partial charge is 0.339 e. The molecule has 0 aliphatic carbocycles. The Hall–Kier alpha value is -2.29. The number of hydrogen-bond donors (Lipinski definition) is 0. The summed E-state index contributed by atoms with van der Waals surface area (Å²) in [5, 5.41) is 4.38. The van der Waals surface area contributed by atoms with E-state index in [4.69, 9.17) is 16.1 Å². The van der Waals surface area contributed by atoms with Gasteiger partial charge in [-0.15, -0.1) is 0 Å². The predicted molar refractivity (Wildman–Crippen MR) is 107 cm³/mol. The van der Waals surface area contributed by atoms with Crippen LogP contribution < -0.4 is 0 Å². The van der Waals surface area contributed by atoms with Gasteiger partial charge in [0.2, 0.25) is 21.7 Å². The third-order valence-corrected chi connectivity index (χ3v) is 7.33. The van der Waals surface area contributed by atoms with E-state index in [-0.39, 0.29) is 23.2 Å². The van der Waals surface area contributed by atoms with E-state index in [1.807, 2.05) is 6.92 Å². The molecule has 1 atom stereocenters. The van der Waals surface area contributed by atoms with Crippen LogP contribution in [-0.2, 0) is 10.0 Å². The smallest absolute Gasteiger partial charge is 0.243 e. The highest BCUT2D eigenvalue weighted by Crippen LogP contribution is 2.31. The number of aromatic nitrogens is 2. The molecule has 6 nitrogen and oxygen atoms in total. The van der Waals surface area contributed by atoms with Crippen molar-refractivity contribution in [2.24, 2.45) is 0 Å². The van der Waals surface area contributed by atoms with Gasteiger partial charge in [0.05, 0.1) is 10.8 Å². The maximum Gasteiger partial charge on any atom is 0.243 e. The van der Waals surface area contributed by atoms with E-state index < -0.39 is 10.0 Å². The van der Waals surface area contributed by atoms with E-state index in [1.165, 1.54) is 22.5 Å². The van der Waals surface area contributed by atoms with E-state index in [1.54, 1.807) is 24.3 Å². The molecule has 2 aromatic carbocycles. The number of nitrogens with zero attached hydrogens (tertiary/aromatic N) is 3. The predicted octanol–water partition coefficient (Wildman–Crippen LogP) is 4.41. The first-order chi connectivity index (χ1) is 13.8. The minimum atomic E-state index is -3.67. The molecule has 1 aliphatic heterocycles. The molecule has 1 saturated heterocycles. The van der Waals surface area contributed by atoms with E-state index in [0.29, 0.717) is 35.3 Å². The van der Waals surface area contributed by atoms with Crippen molar-refractivity contribution in [3.05, 3.63) is 64.8 Å². The Balaban J connectivity index is 1.55. The molecule has 2 heterocycles. The zero-order valence-electron chi connectivity index (χ0n) is 15.7. The van der Waals surface area contributed by atoms with E-state index in [0.717, 1.165) is 12.0 Å². The van der Waals surface area contributed by atoms with Gasteiger partial charge in [-0.25, -0.2) is 12.8 Å². The Morgan fingerprint density at radius 3 is 2.69 bits per heavy atom. The first-order valence-corrected chi connectivity index (χ1v) is 11.0. The molecule has 152 valence electrons. The summed E-state index contributed by atoms with van der Waals surface area (Å²) in [7, 11) is -3.67. The molecule has 9 heteroatoms. The average molecular weight is 436 g/mol. The molecule has 4 rings (SSSR count). The number of sulfonamides is 1. The van der Waals surface area contributed by atoms with Gasteiger partial charge in [-0.05, 0) is 61.7 Å². The van der Waals surface area contributed by atoms with Crippen molar-refractivity contribution in [1.82, 2.24) is 14.4 Å². The molecular weight excluding hydrogens is 417 g/mol. The Bertz CT molecular complexity index is 1130. The minimum absolute atomic E-state index is 0.172. The normalized spacial score (nSPS) is 18.1. The first-order valence-electron chi connectivity index (χ1n) is 9.20. The van der Waals surface area contributed by atoms with Gasteiger partial charge in [0.1, 0.15) is 5.82 Å². The topological polar surface area (TPSA) is 76.3 Å². The van der Waals surface area contributed by atoms with Crippen molar-refractivity contribution in [2.45, 2.75) is 30.6 Å². The van der Waals surface area contributed by atoms with Crippen LogP contribution in [0.1, 0.15) is 30.2 Å². The van der Waals surface area contributed by atoms with Gasteiger partial charge in [-0.2, -0.15) is 9.29 Å². The molecule has 0 N–H and O–H groups in total. The third-order valence-electron chi connectivity index (χ3n) is 5.06. The van der Waals surface area contributed by atoms with Gasteiger partial charge in [0.25, 0.3) is 0 Å². The van der Waals surface area contributed by atoms with Crippen molar-refractivity contribution in [3.63, 3.8) is 0 Å². The lowest BCUT2D eigenvalue weighted by molar-refractivity contribution is 0.265. The van der Waals surface area contributed by atoms with Gasteiger partial charge < -0.3 is 4.52 Å². The van der Waals surface area contributed by atoms with Gasteiger partial charge in [-0.3, -0.25) is 0 Å². The van der Waals surface area contributed by atoms with Crippen LogP contribution in [0.5, 0.6) is 0 Å². The fraction of sp³-hybridized carbons (Fsp3) is 0.300. The second-order valence-electron chi connectivity index (χ2n) is 7.08. The lowest BCUT2D eigenvalue weighted by Crippen LogP contribution is -2.39. The molecule has 3 aromatic rings. The van der Waals surface area contributed by atoms with Crippen LogP contribution in [0.4, 0.5) is 4.39 Å². The number of piperidine rings is 1. The van der Waals surface area contributed by atoms with Crippen LogP contribution in [0.25, 0.3) is 11.4 Å². The van der Waals surface area contributed by atoms with E-state index in [9.17, 15) is 12.8 Å². The highest BCUT2D eigenvalue weighted by atomic mass is 35.5. The van der Waals surface area contributed by atoms with Crippen molar-refractivity contribution in [2.75, 3.05) is 13.1 Å². The van der Waals surface area contributed by atoms with Gasteiger partial charge in [-0.1, -0.05) is 22.8 Å². The van der Waals surface area contributed by atoms with Gasteiger partial charge >= 0.3 is 0 Å². The van der Waals surface area contributed by atoms with E-state index in [2.05, 4.69) is 10.1 Å². The summed E-state index contributed by atoms with van der Waals surface area (Å²) >= 11 is 6.11. The SMILES string of the molecule is Cc1ccc(S(=O)(=O)N2CCC[C@@H](c3nc(-c4ccc(F)cc4)no3)C2)cc1Cl. The lowest BCUT2D eigenvalue weighted by atomic mass is 10.00. The molecule has 29 heavy (non-hydrogen) atoms.